The van der Waals surface area contributed by atoms with Gasteiger partial charge in [-0.3, -0.25) is 0 Å². The van der Waals surface area contributed by atoms with Gasteiger partial charge in [0.15, 0.2) is 0 Å². The summed E-state index contributed by atoms with van der Waals surface area (Å²) in [5, 5.41) is 7.66. The molecular weight excluding hydrogens is 1420 g/mol. The third-order valence-electron chi connectivity index (χ3n) is 24.5. The summed E-state index contributed by atoms with van der Waals surface area (Å²) in [5.74, 6) is 0. The highest BCUT2D eigenvalue weighted by Crippen LogP contribution is 2.51. The van der Waals surface area contributed by atoms with Gasteiger partial charge in [-0.1, -0.05) is 308 Å². The smallest absolute Gasteiger partial charge is 0.0497 e. The Morgan fingerprint density at radius 2 is 0.441 bits per heavy atom. The van der Waals surface area contributed by atoms with Gasteiger partial charge in [-0.15, -0.1) is 0 Å². The topological polar surface area (TPSA) is 9.72 Å². The molecule has 0 amide bonds. The zero-order chi connectivity index (χ0) is 78.7. The Kier molecular flexibility index (Phi) is 18.3. The van der Waals surface area contributed by atoms with Crippen LogP contribution in [0, 0.1) is 20.8 Å². The van der Waals surface area contributed by atoms with Crippen LogP contribution in [-0.4, -0.2) is 0 Å². The zero-order valence-corrected chi connectivity index (χ0v) is 66.4. The maximum absolute atomic E-state index is 2.44. The largest absolute Gasteiger partial charge is 0.310 e. The van der Waals surface area contributed by atoms with Crippen molar-refractivity contribution >= 4 is 83.5 Å². The molecule has 3 nitrogen and oxygen atoms in total. The highest BCUT2D eigenvalue weighted by molar-refractivity contribution is 5.99. The van der Waals surface area contributed by atoms with E-state index in [0.717, 1.165) is 25.7 Å². The van der Waals surface area contributed by atoms with Crippen molar-refractivity contribution in [2.45, 2.75) is 46.5 Å². The van der Waals surface area contributed by atoms with E-state index in [1.54, 1.807) is 0 Å². The Morgan fingerprint density at radius 1 is 0.161 bits per heavy atom. The van der Waals surface area contributed by atoms with Gasteiger partial charge in [0.1, 0.15) is 0 Å². The maximum Gasteiger partial charge on any atom is 0.0497 e. The molecule has 0 aromatic heterocycles. The number of aryl methyl sites for hydroxylation is 3. The minimum Gasteiger partial charge on any atom is -0.310 e. The summed E-state index contributed by atoms with van der Waals surface area (Å²) < 4.78 is 0. The van der Waals surface area contributed by atoms with Gasteiger partial charge in [0, 0.05) is 70.4 Å². The van der Waals surface area contributed by atoms with Gasteiger partial charge in [-0.25, -0.2) is 0 Å². The van der Waals surface area contributed by atoms with Crippen molar-refractivity contribution < 1.29 is 0 Å². The third kappa shape index (κ3) is 13.6. The van der Waals surface area contributed by atoms with Crippen molar-refractivity contribution in [3.63, 3.8) is 0 Å². The molecule has 3 aliphatic heterocycles. The van der Waals surface area contributed by atoms with E-state index in [1.165, 1.54) is 223 Å². The number of hydrogen-bond acceptors (Lipinski definition) is 3. The van der Waals surface area contributed by atoms with E-state index in [-0.39, 0.29) is 0 Å². The Bertz CT molecular complexity index is 7070. The molecule has 0 spiro atoms. The summed E-state index contributed by atoms with van der Waals surface area (Å²) in [4.78, 5) is 7.29. The van der Waals surface area contributed by atoms with E-state index in [0.29, 0.717) is 0 Å². The number of fused-ring (bicyclic) bond motifs is 12. The second kappa shape index (κ2) is 30.3. The highest BCUT2D eigenvalue weighted by Gasteiger charge is 2.30. The molecular formula is C115H85N3. The Morgan fingerprint density at radius 3 is 0.864 bits per heavy atom. The Hall–Kier alpha value is -14.6. The van der Waals surface area contributed by atoms with Crippen molar-refractivity contribution in [3.05, 3.63) is 474 Å². The molecule has 19 aromatic rings. The first-order chi connectivity index (χ1) is 58.1. The first-order valence-electron chi connectivity index (χ1n) is 41.3. The molecule has 0 fully saturated rings. The lowest BCUT2D eigenvalue weighted by Gasteiger charge is -2.34. The van der Waals surface area contributed by atoms with Crippen LogP contribution in [0.4, 0.5) is 51.2 Å². The van der Waals surface area contributed by atoms with E-state index in [9.17, 15) is 0 Å². The summed E-state index contributed by atoms with van der Waals surface area (Å²) in [6.45, 7) is 6.44. The average molecular weight is 1510 g/mol. The predicted octanol–water partition coefficient (Wildman–Crippen LogP) is 31.1. The molecule has 0 atom stereocenters. The second-order valence-electron chi connectivity index (χ2n) is 32.2. The van der Waals surface area contributed by atoms with Gasteiger partial charge < -0.3 is 14.7 Å². The minimum atomic E-state index is 0.896. The second-order valence-corrected chi connectivity index (χ2v) is 32.2. The van der Waals surface area contributed by atoms with Gasteiger partial charge >= 0.3 is 0 Å². The van der Waals surface area contributed by atoms with Crippen LogP contribution in [-0.2, 0) is 25.7 Å². The predicted molar refractivity (Wildman–Crippen MR) is 499 cm³/mol. The normalized spacial score (nSPS) is 12.5. The first kappa shape index (κ1) is 71.2. The zero-order valence-electron chi connectivity index (χ0n) is 66.4. The average Bonchev–Trinajstić information content (AvgIpc) is 0.791. The maximum atomic E-state index is 2.44. The van der Waals surface area contributed by atoms with E-state index in [2.05, 4.69) is 448 Å². The summed E-state index contributed by atoms with van der Waals surface area (Å²) in [7, 11) is 0. The van der Waals surface area contributed by atoms with Crippen LogP contribution in [0.2, 0.25) is 0 Å². The van der Waals surface area contributed by atoms with Crippen LogP contribution in [0.5, 0.6) is 0 Å². The summed E-state index contributed by atoms with van der Waals surface area (Å²) in [5.41, 5.74) is 43.9. The molecule has 0 unspecified atom stereocenters. The summed E-state index contributed by atoms with van der Waals surface area (Å²) in [6, 6.07) is 152. The van der Waals surface area contributed by atoms with Gasteiger partial charge in [-0.2, -0.15) is 0 Å². The molecule has 560 valence electrons. The van der Waals surface area contributed by atoms with Crippen LogP contribution in [0.1, 0.15) is 61.2 Å². The lowest BCUT2D eigenvalue weighted by Crippen LogP contribution is -2.18. The molecule has 118 heavy (non-hydrogen) atoms. The first-order valence-corrected chi connectivity index (χ1v) is 41.3. The van der Waals surface area contributed by atoms with Gasteiger partial charge in [0.2, 0.25) is 0 Å². The van der Waals surface area contributed by atoms with Crippen molar-refractivity contribution in [3.8, 4) is 77.9 Å². The fourth-order valence-corrected chi connectivity index (χ4v) is 18.5. The van der Waals surface area contributed by atoms with Crippen LogP contribution in [0.15, 0.2) is 413 Å². The molecule has 0 bridgehead atoms. The van der Waals surface area contributed by atoms with Gasteiger partial charge in [0.05, 0.1) is 0 Å². The molecule has 0 radical (unpaired) electrons. The third-order valence-corrected chi connectivity index (χ3v) is 24.5. The van der Waals surface area contributed by atoms with Crippen LogP contribution >= 0.6 is 0 Å². The van der Waals surface area contributed by atoms with E-state index in [4.69, 9.17) is 0 Å². The number of nitrogens with zero attached hydrogens (tertiary/aromatic N) is 3. The number of benzene rings is 19. The fraction of sp³-hybridized carbons (Fsp3) is 0.0609. The standard InChI is InChI=1S/C40H29N.C39H29N.C36H27N/c1-27-13-19-36(20-14-27)41-39-21-17-32(31-16-15-28-7-2-3-9-30(28)23-31)24-34(39)26-35-25-33(18-22-40(35)41)38-12-6-10-29-8-4-5-11-37(29)38;1-26-11-16-35(17-12-26)40-38-19-14-28(27-7-3-2-4-8-27)22-33(38)25-34-23-30(15-20-39(34)40)29-13-18-37-32(21-29)24-31-9-5-6-10-36(31)37;1-25-11-17-34(18-12-25)37-35-19-15-29(26-7-3-2-4-8-26)22-32(35)24-33-23-31(16-20-36(33)37)30-14-13-27-9-5-6-10-28(27)21-30/h2-25H,26H2,1H3;2-23H,24-25H2,1H3;2-23H,24H2,1H3. The number of rotatable bonds is 9. The molecule has 0 N–H and O–H groups in total. The Balaban J connectivity index is 0.000000110. The fourth-order valence-electron chi connectivity index (χ4n) is 18.5. The molecule has 0 saturated carbocycles. The van der Waals surface area contributed by atoms with Crippen molar-refractivity contribution in [1.29, 1.82) is 0 Å². The number of hydrogen-bond donors (Lipinski definition) is 0. The molecule has 3 heterocycles. The molecule has 4 aliphatic rings. The monoisotopic (exact) mass is 1510 g/mol. The highest BCUT2D eigenvalue weighted by atomic mass is 15.2. The van der Waals surface area contributed by atoms with Crippen molar-refractivity contribution in [2.75, 3.05) is 14.7 Å². The summed E-state index contributed by atoms with van der Waals surface area (Å²) in [6.07, 6.45) is 3.74. The van der Waals surface area contributed by atoms with E-state index >= 15 is 0 Å². The lowest BCUT2D eigenvalue weighted by atomic mass is 9.89. The quantitative estimate of drug-likeness (QED) is 0.143. The van der Waals surface area contributed by atoms with Crippen molar-refractivity contribution in [1.82, 2.24) is 0 Å². The van der Waals surface area contributed by atoms with Gasteiger partial charge in [-0.05, 0) is 303 Å². The van der Waals surface area contributed by atoms with Gasteiger partial charge in [0.25, 0.3) is 0 Å². The Labute approximate surface area is 691 Å². The van der Waals surface area contributed by atoms with Crippen molar-refractivity contribution in [2.24, 2.45) is 0 Å². The molecule has 3 heteroatoms. The summed E-state index contributed by atoms with van der Waals surface area (Å²) >= 11 is 0. The van der Waals surface area contributed by atoms with Crippen LogP contribution in [0.25, 0.3) is 110 Å². The number of anilines is 9. The van der Waals surface area contributed by atoms with Crippen LogP contribution in [0.3, 0.4) is 0 Å². The molecule has 1 aliphatic carbocycles. The van der Waals surface area contributed by atoms with E-state index < -0.39 is 0 Å². The van der Waals surface area contributed by atoms with Crippen LogP contribution < -0.4 is 14.7 Å². The lowest BCUT2D eigenvalue weighted by molar-refractivity contribution is 1.09. The minimum absolute atomic E-state index is 0.896. The SMILES string of the molecule is Cc1ccc(N2c3ccc(-c4ccc5ccccc5c4)cc3Cc3cc(-c4cccc5ccccc45)ccc32)cc1.Cc1ccc(N2c3ccc(-c4ccccc4)cc3Cc3cc(-c4ccc5c(c4)Cc4ccccc4-5)ccc32)cc1.Cc1ccc(N2c3ccc(-c4ccccc4)cc3Cc3cc(-c4ccc5ccccc5c4)ccc32)cc1. The molecule has 23 rings (SSSR count). The molecule has 0 saturated heterocycles. The van der Waals surface area contributed by atoms with E-state index in [1.807, 2.05) is 0 Å². The molecule has 19 aromatic carbocycles.